The Labute approximate surface area is 119 Å². The molecule has 1 aliphatic heterocycles. The first-order valence-corrected chi connectivity index (χ1v) is 6.97. The highest BCUT2D eigenvalue weighted by atomic mass is 16.1. The van der Waals surface area contributed by atoms with E-state index < -0.39 is 0 Å². The van der Waals surface area contributed by atoms with E-state index in [1.165, 1.54) is 0 Å². The van der Waals surface area contributed by atoms with Crippen molar-refractivity contribution in [3.05, 3.63) is 35.4 Å². The minimum atomic E-state index is -0.136. The van der Waals surface area contributed by atoms with Crippen LogP contribution in [0.2, 0.25) is 0 Å². The van der Waals surface area contributed by atoms with E-state index in [0.29, 0.717) is 0 Å². The smallest absolute Gasteiger partial charge is 0.343 e. The van der Waals surface area contributed by atoms with Gasteiger partial charge in [0.25, 0.3) is 0 Å². The lowest BCUT2D eigenvalue weighted by Crippen LogP contribution is -2.37. The number of hydrogen-bond donors (Lipinski definition) is 2. The van der Waals surface area contributed by atoms with Crippen LogP contribution in [0.5, 0.6) is 0 Å². The van der Waals surface area contributed by atoms with Gasteiger partial charge in [0.2, 0.25) is 0 Å². The van der Waals surface area contributed by atoms with Crippen LogP contribution in [-0.2, 0) is 0 Å². The zero-order chi connectivity index (χ0) is 14.2. The van der Waals surface area contributed by atoms with Crippen molar-refractivity contribution >= 4 is 16.9 Å². The summed E-state index contributed by atoms with van der Waals surface area (Å²) in [4.78, 5) is 25.6. The predicted molar refractivity (Wildman–Crippen MR) is 77.2 cm³/mol. The molecule has 3 aromatic heterocycles. The second kappa shape index (κ2) is 4.72. The summed E-state index contributed by atoms with van der Waals surface area (Å²) in [5.41, 5.74) is 0.719. The van der Waals surface area contributed by atoms with E-state index in [1.807, 2.05) is 12.3 Å². The molecule has 2 N–H and O–H groups in total. The Balaban J connectivity index is 1.56. The molecule has 0 aromatic carbocycles. The Morgan fingerprint density at radius 1 is 1.24 bits per heavy atom. The van der Waals surface area contributed by atoms with Crippen molar-refractivity contribution < 1.29 is 0 Å². The second-order valence-electron chi connectivity index (χ2n) is 5.22. The average molecular weight is 285 g/mol. The molecule has 0 aliphatic carbocycles. The SMILES string of the molecule is O=c1[nH]ncn1C1CCN(c2ncnc3[nH]ccc23)CC1. The molecule has 0 unspecified atom stereocenters. The molecule has 0 saturated carbocycles. The van der Waals surface area contributed by atoms with Gasteiger partial charge in [0, 0.05) is 25.3 Å². The molecule has 0 atom stereocenters. The fraction of sp³-hybridized carbons (Fsp3) is 0.385. The Morgan fingerprint density at radius 3 is 2.86 bits per heavy atom. The summed E-state index contributed by atoms with van der Waals surface area (Å²) in [6.07, 6.45) is 6.84. The number of aromatic amines is 2. The maximum Gasteiger partial charge on any atom is 0.343 e. The third-order valence-electron chi connectivity index (χ3n) is 4.07. The summed E-state index contributed by atoms with van der Waals surface area (Å²) < 4.78 is 1.68. The van der Waals surface area contributed by atoms with Crippen molar-refractivity contribution in [2.75, 3.05) is 18.0 Å². The quantitative estimate of drug-likeness (QED) is 0.722. The van der Waals surface area contributed by atoms with Gasteiger partial charge in [0.1, 0.15) is 24.1 Å². The lowest BCUT2D eigenvalue weighted by molar-refractivity contribution is 0.387. The van der Waals surface area contributed by atoms with Gasteiger partial charge in [-0.3, -0.25) is 4.57 Å². The molecule has 4 rings (SSSR count). The minimum Gasteiger partial charge on any atom is -0.356 e. The number of rotatable bonds is 2. The van der Waals surface area contributed by atoms with Crippen LogP contribution in [0.25, 0.3) is 11.0 Å². The van der Waals surface area contributed by atoms with Crippen molar-refractivity contribution in [3.63, 3.8) is 0 Å². The highest BCUT2D eigenvalue weighted by Gasteiger charge is 2.23. The third-order valence-corrected chi connectivity index (χ3v) is 4.07. The van der Waals surface area contributed by atoms with Gasteiger partial charge in [-0.1, -0.05) is 0 Å². The van der Waals surface area contributed by atoms with Crippen LogP contribution < -0.4 is 10.6 Å². The molecule has 108 valence electrons. The van der Waals surface area contributed by atoms with Crippen LogP contribution in [-0.4, -0.2) is 42.8 Å². The average Bonchev–Trinajstić information content (AvgIpc) is 3.15. The molecule has 0 amide bonds. The molecule has 0 spiro atoms. The maximum absolute atomic E-state index is 11.6. The third kappa shape index (κ3) is 1.99. The summed E-state index contributed by atoms with van der Waals surface area (Å²) in [5.74, 6) is 0.958. The Bertz CT molecular complexity index is 809. The van der Waals surface area contributed by atoms with Gasteiger partial charge in [0.15, 0.2) is 0 Å². The molecule has 1 saturated heterocycles. The molecular weight excluding hydrogens is 270 g/mol. The summed E-state index contributed by atoms with van der Waals surface area (Å²) in [7, 11) is 0. The largest absolute Gasteiger partial charge is 0.356 e. The zero-order valence-corrected chi connectivity index (χ0v) is 11.4. The fourth-order valence-electron chi connectivity index (χ4n) is 2.98. The van der Waals surface area contributed by atoms with Crippen LogP contribution in [0.4, 0.5) is 5.82 Å². The number of nitrogens with one attached hydrogen (secondary N) is 2. The van der Waals surface area contributed by atoms with Gasteiger partial charge in [-0.2, -0.15) is 5.10 Å². The molecule has 8 heteroatoms. The fourth-order valence-corrected chi connectivity index (χ4v) is 2.98. The first-order chi connectivity index (χ1) is 10.3. The van der Waals surface area contributed by atoms with E-state index in [4.69, 9.17) is 0 Å². The molecule has 1 fully saturated rings. The van der Waals surface area contributed by atoms with Crippen LogP contribution in [0.3, 0.4) is 0 Å². The molecule has 21 heavy (non-hydrogen) atoms. The summed E-state index contributed by atoms with van der Waals surface area (Å²) >= 11 is 0. The molecule has 3 aromatic rings. The lowest BCUT2D eigenvalue weighted by Gasteiger charge is -2.32. The zero-order valence-electron chi connectivity index (χ0n) is 11.4. The topological polar surface area (TPSA) is 95.5 Å². The van der Waals surface area contributed by atoms with Crippen LogP contribution in [0.1, 0.15) is 18.9 Å². The van der Waals surface area contributed by atoms with Gasteiger partial charge in [0.05, 0.1) is 5.39 Å². The molecule has 1 aliphatic rings. The van der Waals surface area contributed by atoms with Gasteiger partial charge in [-0.05, 0) is 18.9 Å². The summed E-state index contributed by atoms with van der Waals surface area (Å²) in [6.45, 7) is 1.72. The van der Waals surface area contributed by atoms with Crippen LogP contribution in [0.15, 0.2) is 29.7 Å². The van der Waals surface area contributed by atoms with Gasteiger partial charge in [-0.25, -0.2) is 19.9 Å². The Morgan fingerprint density at radius 2 is 2.10 bits per heavy atom. The van der Waals surface area contributed by atoms with E-state index in [2.05, 4.69) is 30.0 Å². The van der Waals surface area contributed by atoms with Gasteiger partial charge < -0.3 is 9.88 Å². The van der Waals surface area contributed by atoms with Crippen molar-refractivity contribution in [3.8, 4) is 0 Å². The number of piperidine rings is 1. The van der Waals surface area contributed by atoms with Gasteiger partial charge >= 0.3 is 5.69 Å². The van der Waals surface area contributed by atoms with Crippen molar-refractivity contribution in [2.45, 2.75) is 18.9 Å². The van der Waals surface area contributed by atoms with E-state index in [0.717, 1.165) is 42.8 Å². The second-order valence-corrected chi connectivity index (χ2v) is 5.22. The van der Waals surface area contributed by atoms with Crippen LogP contribution in [0, 0.1) is 0 Å². The molecule has 0 radical (unpaired) electrons. The Hall–Kier alpha value is -2.64. The molecule has 8 nitrogen and oxygen atoms in total. The number of anilines is 1. The number of H-pyrrole nitrogens is 2. The van der Waals surface area contributed by atoms with Crippen LogP contribution >= 0.6 is 0 Å². The highest BCUT2D eigenvalue weighted by molar-refractivity contribution is 5.87. The van der Waals surface area contributed by atoms with Crippen molar-refractivity contribution in [2.24, 2.45) is 0 Å². The van der Waals surface area contributed by atoms with Crippen molar-refractivity contribution in [1.29, 1.82) is 0 Å². The number of fused-ring (bicyclic) bond motifs is 1. The normalized spacial score (nSPS) is 16.7. The number of nitrogens with zero attached hydrogens (tertiary/aromatic N) is 5. The maximum atomic E-state index is 11.6. The van der Waals surface area contributed by atoms with E-state index >= 15 is 0 Å². The Kier molecular flexibility index (Phi) is 2.73. The standard InChI is InChI=1S/C13H15N7O/c21-13-18-17-8-20(13)9-2-5-19(6-3-9)12-10-1-4-14-11(10)15-7-16-12/h1,4,7-9H,2-3,5-6H2,(H,18,21)(H,14,15,16). The minimum absolute atomic E-state index is 0.136. The van der Waals surface area contributed by atoms with Gasteiger partial charge in [-0.15, -0.1) is 0 Å². The predicted octanol–water partition coefficient (Wildman–Crippen LogP) is 0.684. The molecule has 0 bridgehead atoms. The van der Waals surface area contributed by atoms with E-state index in [1.54, 1.807) is 17.2 Å². The summed E-state index contributed by atoms with van der Waals surface area (Å²) in [5, 5.41) is 7.28. The first kappa shape index (κ1) is 12.1. The molecular formula is C13H15N7O. The van der Waals surface area contributed by atoms with Crippen molar-refractivity contribution in [1.82, 2.24) is 29.7 Å². The first-order valence-electron chi connectivity index (χ1n) is 6.97. The monoisotopic (exact) mass is 285 g/mol. The van der Waals surface area contributed by atoms with E-state index in [9.17, 15) is 4.79 Å². The number of aromatic nitrogens is 6. The highest BCUT2D eigenvalue weighted by Crippen LogP contribution is 2.28. The van der Waals surface area contributed by atoms with E-state index in [-0.39, 0.29) is 11.7 Å². The summed E-state index contributed by atoms with van der Waals surface area (Å²) in [6, 6.07) is 2.20. The molecule has 4 heterocycles. The lowest BCUT2D eigenvalue weighted by atomic mass is 10.0. The number of hydrogen-bond acceptors (Lipinski definition) is 5.